The third-order valence-electron chi connectivity index (χ3n) is 7.63. The second kappa shape index (κ2) is 10.5. The van der Waals surface area contributed by atoms with E-state index in [2.05, 4.69) is 66.9 Å². The van der Waals surface area contributed by atoms with Gasteiger partial charge in [-0.05, 0) is 42.2 Å². The monoisotopic (exact) mass is 549 g/mol. The molecule has 2 atom stereocenters. The average molecular weight is 550 g/mol. The molecule has 2 aliphatic rings. The van der Waals surface area contributed by atoms with Crippen LogP contribution in [-0.4, -0.2) is 21.6 Å². The minimum Gasteiger partial charge on any atom is -0.483 e. The van der Waals surface area contributed by atoms with Crippen LogP contribution in [0.1, 0.15) is 76.4 Å². The highest BCUT2D eigenvalue weighted by Gasteiger charge is 2.32. The van der Waals surface area contributed by atoms with Gasteiger partial charge in [0.25, 0.3) is 5.82 Å². The standard InChI is InChI=1S/C33H36N6O2/c1-21(2)31-35-29-18-15-23(20-38(29)31)41-27-17-16-26(24-13-9-10-14-25(24)27)34-32(40)36-30-19-28(33(3,4)5)37-39(30)22-11-7-6-8-12-22/h6-15,18-21,26-27H,16-17H2,1-5H3,(H-,34,36,37,40)/p+1. The minimum absolute atomic E-state index is 0.0978. The first-order valence-corrected chi connectivity index (χ1v) is 14.3. The van der Waals surface area contributed by atoms with Crippen molar-refractivity contribution in [3.05, 3.63) is 95.8 Å². The summed E-state index contributed by atoms with van der Waals surface area (Å²) in [5.41, 5.74) is 3.80. The maximum absolute atomic E-state index is 13.4. The topological polar surface area (TPSA) is 84.4 Å². The fraction of sp³-hybridized carbons (Fsp3) is 0.333. The van der Waals surface area contributed by atoms with Crippen molar-refractivity contribution >= 4 is 23.5 Å². The quantitative estimate of drug-likeness (QED) is 0.260. The molecule has 0 radical (unpaired) electrons. The fourth-order valence-electron chi connectivity index (χ4n) is 5.45. The normalized spacial score (nSPS) is 17.7. The third-order valence-corrected chi connectivity index (χ3v) is 7.63. The third kappa shape index (κ3) is 5.34. The number of amides is 2. The number of carbonyl (C=O) groups is 1. The maximum Gasteiger partial charge on any atom is 0.320 e. The summed E-state index contributed by atoms with van der Waals surface area (Å²) in [6.07, 6.45) is 3.47. The number of benzene rings is 2. The Morgan fingerprint density at radius 2 is 1.73 bits per heavy atom. The Hall–Kier alpha value is -4.46. The number of hydrogen-bond donors (Lipinski definition) is 2. The second-order valence-electron chi connectivity index (χ2n) is 12.1. The Balaban J connectivity index is 1.19. The number of urea groups is 1. The van der Waals surface area contributed by atoms with Crippen LogP contribution in [0.5, 0.6) is 5.75 Å². The van der Waals surface area contributed by atoms with E-state index in [0.717, 1.165) is 52.8 Å². The van der Waals surface area contributed by atoms with Crippen LogP contribution in [0.3, 0.4) is 0 Å². The molecule has 8 heteroatoms. The molecule has 2 N–H and O–H groups in total. The second-order valence-corrected chi connectivity index (χ2v) is 12.1. The van der Waals surface area contributed by atoms with E-state index in [9.17, 15) is 4.79 Å². The molecule has 8 nitrogen and oxygen atoms in total. The van der Waals surface area contributed by atoms with Crippen LogP contribution in [0.4, 0.5) is 16.4 Å². The van der Waals surface area contributed by atoms with Gasteiger partial charge in [-0.2, -0.15) is 9.67 Å². The molecule has 0 fully saturated rings. The molecule has 0 saturated heterocycles. The van der Waals surface area contributed by atoms with Gasteiger partial charge < -0.3 is 10.1 Å². The SMILES string of the molecule is CC(C)C1=Nc2ccc(OC3CCC(NC(=O)Nc4cc(C(C)(C)C)nn4-c4ccccc4)c4ccccc43)c[n+]21. The Bertz CT molecular complexity index is 1620. The number of hydrogen-bond acceptors (Lipinski definition) is 4. The molecule has 0 saturated carbocycles. The van der Waals surface area contributed by atoms with Crippen LogP contribution in [-0.2, 0) is 5.41 Å². The van der Waals surface area contributed by atoms with Gasteiger partial charge in [0, 0.05) is 23.5 Å². The molecular formula is C33H37N6O2+. The van der Waals surface area contributed by atoms with E-state index in [1.165, 1.54) is 0 Å². The number of fused-ring (bicyclic) bond motifs is 2. The van der Waals surface area contributed by atoms with E-state index in [0.29, 0.717) is 11.7 Å². The number of aliphatic imine (C=N–C) groups is 1. The Morgan fingerprint density at radius 3 is 2.46 bits per heavy atom. The first-order chi connectivity index (χ1) is 19.7. The van der Waals surface area contributed by atoms with Crippen LogP contribution in [0.15, 0.2) is 84.0 Å². The van der Waals surface area contributed by atoms with E-state index in [-0.39, 0.29) is 23.6 Å². The average Bonchev–Trinajstić information content (AvgIpc) is 3.36. The molecule has 2 amide bonds. The number of nitrogens with one attached hydrogen (secondary N) is 2. The van der Waals surface area contributed by atoms with Crippen molar-refractivity contribution in [2.45, 2.75) is 65.0 Å². The van der Waals surface area contributed by atoms with Gasteiger partial charge in [-0.15, -0.1) is 0 Å². The zero-order valence-electron chi connectivity index (χ0n) is 24.3. The highest BCUT2D eigenvalue weighted by atomic mass is 16.5. The van der Waals surface area contributed by atoms with Crippen LogP contribution < -0.4 is 19.9 Å². The predicted molar refractivity (Wildman–Crippen MR) is 160 cm³/mol. The van der Waals surface area contributed by atoms with Gasteiger partial charge in [0.1, 0.15) is 18.1 Å². The Kier molecular flexibility index (Phi) is 6.85. The van der Waals surface area contributed by atoms with Gasteiger partial charge in [0.2, 0.25) is 5.84 Å². The molecule has 0 spiro atoms. The summed E-state index contributed by atoms with van der Waals surface area (Å²) >= 11 is 0. The number of carbonyl (C=O) groups excluding carboxylic acids is 1. The van der Waals surface area contributed by atoms with Gasteiger partial charge in [-0.1, -0.05) is 82.1 Å². The summed E-state index contributed by atoms with van der Waals surface area (Å²) in [4.78, 5) is 17.9. The van der Waals surface area contributed by atoms with Gasteiger partial charge in [-0.3, -0.25) is 5.32 Å². The molecular weight excluding hydrogens is 512 g/mol. The van der Waals surface area contributed by atoms with Crippen molar-refractivity contribution in [1.29, 1.82) is 0 Å². The lowest BCUT2D eigenvalue weighted by molar-refractivity contribution is -0.562. The van der Waals surface area contributed by atoms with Crippen molar-refractivity contribution < 1.29 is 14.1 Å². The van der Waals surface area contributed by atoms with Gasteiger partial charge in [0.15, 0.2) is 5.75 Å². The van der Waals surface area contributed by atoms with Crippen molar-refractivity contribution in [3.8, 4) is 11.4 Å². The largest absolute Gasteiger partial charge is 0.483 e. The van der Waals surface area contributed by atoms with Crippen molar-refractivity contribution in [3.63, 3.8) is 0 Å². The molecule has 4 aromatic rings. The van der Waals surface area contributed by atoms with Crippen LogP contribution in [0.25, 0.3) is 5.69 Å². The summed E-state index contributed by atoms with van der Waals surface area (Å²) < 4.78 is 10.4. The van der Waals surface area contributed by atoms with Crippen molar-refractivity contribution in [2.24, 2.45) is 10.9 Å². The molecule has 2 unspecified atom stereocenters. The summed E-state index contributed by atoms with van der Waals surface area (Å²) in [6.45, 7) is 10.6. The van der Waals surface area contributed by atoms with Crippen LogP contribution >= 0.6 is 0 Å². The summed E-state index contributed by atoms with van der Waals surface area (Å²) in [7, 11) is 0. The predicted octanol–water partition coefficient (Wildman–Crippen LogP) is 6.78. The Labute approximate surface area is 241 Å². The number of aromatic nitrogens is 3. The van der Waals surface area contributed by atoms with Crippen LogP contribution in [0, 0.1) is 5.92 Å². The lowest BCUT2D eigenvalue weighted by atomic mass is 9.85. The highest BCUT2D eigenvalue weighted by Crippen LogP contribution is 2.39. The number of para-hydroxylation sites is 1. The van der Waals surface area contributed by atoms with Crippen molar-refractivity contribution in [2.75, 3.05) is 5.32 Å². The van der Waals surface area contributed by atoms with E-state index >= 15 is 0 Å². The molecule has 1 aliphatic heterocycles. The smallest absolute Gasteiger partial charge is 0.320 e. The van der Waals surface area contributed by atoms with Gasteiger partial charge in [-0.25, -0.2) is 9.48 Å². The number of anilines is 1. The minimum atomic E-state index is -0.263. The first-order valence-electron chi connectivity index (χ1n) is 14.3. The summed E-state index contributed by atoms with van der Waals surface area (Å²) in [5.74, 6) is 3.79. The molecule has 210 valence electrons. The zero-order chi connectivity index (χ0) is 28.7. The molecule has 2 aromatic carbocycles. The molecule has 3 heterocycles. The number of rotatable bonds is 6. The number of nitrogens with zero attached hydrogens (tertiary/aromatic N) is 4. The molecule has 41 heavy (non-hydrogen) atoms. The van der Waals surface area contributed by atoms with E-state index in [1.807, 2.05) is 66.9 Å². The van der Waals surface area contributed by atoms with Crippen molar-refractivity contribution in [1.82, 2.24) is 15.1 Å². The number of pyridine rings is 1. The molecule has 6 rings (SSSR count). The molecule has 1 aliphatic carbocycles. The van der Waals surface area contributed by atoms with Crippen LogP contribution in [0.2, 0.25) is 0 Å². The van der Waals surface area contributed by atoms with Gasteiger partial charge in [0.05, 0.1) is 17.4 Å². The van der Waals surface area contributed by atoms with E-state index < -0.39 is 0 Å². The number of ether oxygens (including phenoxy) is 1. The highest BCUT2D eigenvalue weighted by molar-refractivity contribution is 5.89. The fourth-order valence-corrected chi connectivity index (χ4v) is 5.45. The summed E-state index contributed by atoms with van der Waals surface area (Å²) in [6, 6.07) is 23.6. The maximum atomic E-state index is 13.4. The Morgan fingerprint density at radius 1 is 1.00 bits per heavy atom. The first kappa shape index (κ1) is 26.7. The summed E-state index contributed by atoms with van der Waals surface area (Å²) in [5, 5.41) is 11.1. The van der Waals surface area contributed by atoms with Gasteiger partial charge >= 0.3 is 6.03 Å². The zero-order valence-corrected chi connectivity index (χ0v) is 24.3. The lowest BCUT2D eigenvalue weighted by Crippen LogP contribution is -2.52. The molecule has 0 bridgehead atoms. The lowest BCUT2D eigenvalue weighted by Gasteiger charge is -2.32. The van der Waals surface area contributed by atoms with E-state index in [4.69, 9.17) is 9.84 Å². The molecule has 2 aromatic heterocycles. The van der Waals surface area contributed by atoms with E-state index in [1.54, 1.807) is 4.68 Å².